The standard InChI is InChI=1S/C61H77N5O22/c1-33-24-38(25-40(69)39(68)22-23-63-58(74)78-29-34-14-6-2-7-15-34)46(70)54(50(33)86-56-45(53-52(85-53)41(26-62)82-56)66-61(77)81-32-37-20-12-5-13-21-37)88-57-49(73)51(43(28-67)84-57)87-55-44(65-60(76)80-31-36-18-10-4-11-19-36)48(72)47(71)42(83-55)27-64-59(75)79-30-35-16-8-3-9-17-35/h2-21,33,38-39,41-57,67-68,70-73H,22-32,62H2,1H3,(H,63,74)(H,64,75)(H,65,76)(H,66,77)/t33-,38-,39-,41+,42-,43+,44+,45+,46-,47+,48+,49+,50+,51+,52-,53+,54+,55+,56+,57-/m0/s1. The molecule has 0 unspecified atom stereocenters. The van der Waals surface area contributed by atoms with Gasteiger partial charge in [-0.2, -0.15) is 0 Å². The minimum absolute atomic E-state index is 0.00372. The molecule has 9 rings (SSSR count). The van der Waals surface area contributed by atoms with Gasteiger partial charge in [0.2, 0.25) is 0 Å². The molecule has 27 nitrogen and oxygen atoms in total. The van der Waals surface area contributed by atoms with Crippen molar-refractivity contribution in [2.24, 2.45) is 17.6 Å². The first-order chi connectivity index (χ1) is 42.6. The highest BCUT2D eigenvalue weighted by Gasteiger charge is 2.60. The number of benzene rings is 4. The summed E-state index contributed by atoms with van der Waals surface area (Å²) in [6, 6.07) is 32.7. The monoisotopic (exact) mass is 1230 g/mol. The number of carbonyl (C=O) groups is 5. The molecule has 0 spiro atoms. The van der Waals surface area contributed by atoms with E-state index in [1.54, 1.807) is 116 Å². The smallest absolute Gasteiger partial charge is 0.407 e. The Balaban J connectivity index is 0.920. The number of nitrogens with two attached hydrogens (primary N) is 1. The van der Waals surface area contributed by atoms with E-state index in [9.17, 15) is 54.6 Å². The summed E-state index contributed by atoms with van der Waals surface area (Å²) >= 11 is 0. The molecule has 4 amide bonds. The van der Waals surface area contributed by atoms with Crippen LogP contribution in [-0.4, -0.2) is 197 Å². The number of Topliss-reactive ketones (excluding diaryl/α,β-unsaturated/α-hetero) is 1. The second-order valence-corrected chi connectivity index (χ2v) is 22.2. The third kappa shape index (κ3) is 17.5. The van der Waals surface area contributed by atoms with Crippen LogP contribution in [0.25, 0.3) is 0 Å². The Bertz CT molecular complexity index is 2860. The average Bonchev–Trinajstić information content (AvgIpc) is 1.74. The van der Waals surface area contributed by atoms with Gasteiger partial charge in [-0.3, -0.25) is 4.79 Å². The van der Waals surface area contributed by atoms with E-state index < -0.39 is 172 Å². The van der Waals surface area contributed by atoms with Crippen molar-refractivity contribution in [3.8, 4) is 0 Å². The molecule has 88 heavy (non-hydrogen) atoms. The zero-order chi connectivity index (χ0) is 62.3. The van der Waals surface area contributed by atoms with Crippen LogP contribution in [0.2, 0.25) is 0 Å². The molecule has 4 aromatic rings. The van der Waals surface area contributed by atoms with Crippen molar-refractivity contribution in [2.45, 2.75) is 163 Å². The molecule has 4 aliphatic heterocycles. The summed E-state index contributed by atoms with van der Waals surface area (Å²) < 4.78 is 65.6. The van der Waals surface area contributed by atoms with E-state index in [0.717, 1.165) is 11.1 Å². The van der Waals surface area contributed by atoms with Gasteiger partial charge in [0.15, 0.2) is 24.7 Å². The SMILES string of the molecule is C[C@H]1C[C@@H](CC(=O)[C@@H](O)CCNC(=O)OCc2ccccc2)[C@H](O)[C@@H](O[C@@H]2O[C@H](CO)[C@@H](O[C@H]3O[C@@H](CNC(=O)OCc4ccccc4)[C@@H](O)[C@H](O)[C@H]3NC(=O)OCc3ccccc3)[C@H]2O)[C@@H]1O[C@H]1O[C@H](CN)[C@@H]2O[C@@H]2[C@H]1NC(=O)OCc1ccccc1. The maximum atomic E-state index is 13.8. The van der Waals surface area contributed by atoms with Gasteiger partial charge < -0.3 is 110 Å². The molecular weight excluding hydrogens is 1150 g/mol. The second-order valence-electron chi connectivity index (χ2n) is 22.2. The van der Waals surface area contributed by atoms with Crippen molar-refractivity contribution in [3.05, 3.63) is 144 Å². The summed E-state index contributed by atoms with van der Waals surface area (Å²) in [5, 5.41) is 79.9. The number of amides is 4. The van der Waals surface area contributed by atoms with Crippen LogP contribution in [0.1, 0.15) is 48.4 Å². The molecule has 0 bridgehead atoms. The Kier molecular flexibility index (Phi) is 23.4. The molecule has 5 fully saturated rings. The van der Waals surface area contributed by atoms with E-state index in [1.807, 2.05) is 12.1 Å². The van der Waals surface area contributed by atoms with Crippen LogP contribution < -0.4 is 27.0 Å². The minimum Gasteiger partial charge on any atom is -0.445 e. The van der Waals surface area contributed by atoms with Gasteiger partial charge in [0.1, 0.15) is 106 Å². The highest BCUT2D eigenvalue weighted by atomic mass is 16.8. The number of aliphatic hydroxyl groups is 6. The summed E-state index contributed by atoms with van der Waals surface area (Å²) in [6.07, 6.45) is -27.0. The molecule has 1 saturated carbocycles. The van der Waals surface area contributed by atoms with Gasteiger partial charge in [-0.25, -0.2) is 19.2 Å². The number of ketones is 1. The van der Waals surface area contributed by atoms with Crippen LogP contribution in [0.3, 0.4) is 0 Å². The Morgan fingerprint density at radius 3 is 1.53 bits per heavy atom. The summed E-state index contributed by atoms with van der Waals surface area (Å²) in [6.45, 7) is -0.0883. The summed E-state index contributed by atoms with van der Waals surface area (Å²) in [5.74, 6) is -2.28. The van der Waals surface area contributed by atoms with Gasteiger partial charge in [0.05, 0.1) is 18.8 Å². The topological polar surface area (TPSA) is 386 Å². The van der Waals surface area contributed by atoms with Crippen molar-refractivity contribution < 1.29 is 107 Å². The van der Waals surface area contributed by atoms with E-state index in [2.05, 4.69) is 21.3 Å². The molecule has 12 N–H and O–H groups in total. The van der Waals surface area contributed by atoms with Crippen molar-refractivity contribution in [1.82, 2.24) is 21.3 Å². The number of aliphatic hydroxyl groups excluding tert-OH is 6. The van der Waals surface area contributed by atoms with Crippen LogP contribution in [0, 0.1) is 11.8 Å². The number of ether oxygens (including phenoxy) is 11. The zero-order valence-corrected chi connectivity index (χ0v) is 48.2. The Morgan fingerprint density at radius 1 is 0.534 bits per heavy atom. The van der Waals surface area contributed by atoms with E-state index in [1.165, 1.54) is 0 Å². The first kappa shape index (κ1) is 65.5. The number of carbonyl (C=O) groups excluding carboxylic acids is 5. The average molecular weight is 1230 g/mol. The fraction of sp³-hybridized carbons (Fsp3) is 0.525. The van der Waals surface area contributed by atoms with Gasteiger partial charge in [0.25, 0.3) is 0 Å². The Labute approximate surface area is 506 Å². The lowest BCUT2D eigenvalue weighted by atomic mass is 9.74. The number of hydrogen-bond acceptors (Lipinski definition) is 23. The van der Waals surface area contributed by atoms with Crippen molar-refractivity contribution >= 4 is 30.2 Å². The quantitative estimate of drug-likeness (QED) is 0.0312. The molecule has 4 aromatic carbocycles. The predicted octanol–water partition coefficient (Wildman–Crippen LogP) is 1.29. The lowest BCUT2D eigenvalue weighted by Crippen LogP contribution is -2.66. The first-order valence-electron chi connectivity index (χ1n) is 29.2. The predicted molar refractivity (Wildman–Crippen MR) is 303 cm³/mol. The fourth-order valence-electron chi connectivity index (χ4n) is 11.1. The molecule has 1 aliphatic carbocycles. The van der Waals surface area contributed by atoms with Crippen LogP contribution in [0.5, 0.6) is 0 Å². The highest BCUT2D eigenvalue weighted by molar-refractivity contribution is 5.83. The van der Waals surface area contributed by atoms with Gasteiger partial charge >= 0.3 is 24.4 Å². The van der Waals surface area contributed by atoms with Crippen molar-refractivity contribution in [3.63, 3.8) is 0 Å². The molecule has 0 radical (unpaired) electrons. The van der Waals surface area contributed by atoms with Crippen molar-refractivity contribution in [2.75, 3.05) is 26.2 Å². The molecule has 4 saturated heterocycles. The first-order valence-corrected chi connectivity index (χ1v) is 29.2. The molecule has 478 valence electrons. The van der Waals surface area contributed by atoms with Gasteiger partial charge in [-0.15, -0.1) is 0 Å². The number of alkyl carbamates (subject to hydrolysis) is 4. The van der Waals surface area contributed by atoms with Crippen LogP contribution in [0.4, 0.5) is 19.2 Å². The van der Waals surface area contributed by atoms with E-state index in [0.29, 0.717) is 11.1 Å². The van der Waals surface area contributed by atoms with E-state index in [4.69, 9.17) is 57.8 Å². The minimum atomic E-state index is -1.90. The normalized spacial score (nSPS) is 31.8. The summed E-state index contributed by atoms with van der Waals surface area (Å²) in [4.78, 5) is 65.9. The Morgan fingerprint density at radius 2 is 1.00 bits per heavy atom. The summed E-state index contributed by atoms with van der Waals surface area (Å²) in [5.41, 5.74) is 8.90. The zero-order valence-electron chi connectivity index (χ0n) is 48.2. The lowest BCUT2D eigenvalue weighted by Gasteiger charge is -2.46. The van der Waals surface area contributed by atoms with Crippen molar-refractivity contribution in [1.29, 1.82) is 0 Å². The maximum absolute atomic E-state index is 13.8. The third-order valence-electron chi connectivity index (χ3n) is 15.9. The van der Waals surface area contributed by atoms with Crippen LogP contribution in [0.15, 0.2) is 121 Å². The van der Waals surface area contributed by atoms with Crippen LogP contribution >= 0.6 is 0 Å². The van der Waals surface area contributed by atoms with Crippen LogP contribution in [-0.2, 0) is 83.3 Å². The number of fused-ring (bicyclic) bond motifs is 1. The maximum Gasteiger partial charge on any atom is 0.407 e. The molecule has 20 atom stereocenters. The van der Waals surface area contributed by atoms with Gasteiger partial charge in [-0.1, -0.05) is 128 Å². The number of rotatable bonds is 26. The number of hydrogen-bond donors (Lipinski definition) is 11. The molecular formula is C61H77N5O22. The lowest BCUT2D eigenvalue weighted by molar-refractivity contribution is -0.297. The Hall–Kier alpha value is -6.93. The molecule has 5 aliphatic rings. The van der Waals surface area contributed by atoms with E-state index >= 15 is 0 Å². The third-order valence-corrected chi connectivity index (χ3v) is 15.9. The fourth-order valence-corrected chi connectivity index (χ4v) is 11.1. The largest absolute Gasteiger partial charge is 0.445 e. The van der Waals surface area contributed by atoms with Gasteiger partial charge in [-0.05, 0) is 46.9 Å². The highest BCUT2D eigenvalue weighted by Crippen LogP contribution is 2.43. The summed E-state index contributed by atoms with van der Waals surface area (Å²) in [7, 11) is 0. The number of nitrogens with one attached hydrogen (secondary N) is 4. The van der Waals surface area contributed by atoms with E-state index in [-0.39, 0.29) is 52.4 Å². The molecule has 27 heteroatoms. The number of epoxide rings is 1. The molecule has 4 heterocycles. The van der Waals surface area contributed by atoms with Gasteiger partial charge in [0, 0.05) is 26.1 Å². The molecule has 0 aromatic heterocycles. The second kappa shape index (κ2) is 31.5.